The molecule has 1 saturated heterocycles. The van der Waals surface area contributed by atoms with Crippen LogP contribution in [0, 0.1) is 12.0 Å². The fourth-order valence-corrected chi connectivity index (χ4v) is 3.46. The molecule has 2 heterocycles. The third-order valence-electron chi connectivity index (χ3n) is 4.41. The summed E-state index contributed by atoms with van der Waals surface area (Å²) in [6, 6.07) is 7.75. The Kier molecular flexibility index (Phi) is 6.85. The first kappa shape index (κ1) is 21.9. The number of halogens is 1. The molecule has 3 rings (SSSR count). The van der Waals surface area contributed by atoms with E-state index in [2.05, 4.69) is 32.2 Å². The van der Waals surface area contributed by atoms with Crippen molar-refractivity contribution in [2.75, 3.05) is 25.1 Å². The zero-order valence-corrected chi connectivity index (χ0v) is 18.1. The van der Waals surface area contributed by atoms with Crippen molar-refractivity contribution in [2.45, 2.75) is 45.3 Å². The summed E-state index contributed by atoms with van der Waals surface area (Å²) in [5.74, 6) is 3.80. The number of anilines is 1. The molecule has 1 aromatic carbocycles. The molecule has 0 spiro atoms. The molecule has 8 nitrogen and oxygen atoms in total. The highest BCUT2D eigenvalue weighted by Gasteiger charge is 2.28. The lowest BCUT2D eigenvalue weighted by Crippen LogP contribution is -2.37. The van der Waals surface area contributed by atoms with Crippen LogP contribution in [0.5, 0.6) is 0 Å². The van der Waals surface area contributed by atoms with Crippen LogP contribution in [-0.2, 0) is 9.47 Å². The van der Waals surface area contributed by atoms with Crippen LogP contribution in [-0.4, -0.2) is 48.1 Å². The fourth-order valence-electron chi connectivity index (χ4n) is 3.22. The van der Waals surface area contributed by atoms with E-state index < -0.39 is 11.7 Å². The first-order valence-electron chi connectivity index (χ1n) is 9.75. The molecule has 1 fully saturated rings. The van der Waals surface area contributed by atoms with Crippen LogP contribution in [0.1, 0.15) is 45.2 Å². The molecule has 0 radical (unpaired) electrons. The molecule has 0 bridgehead atoms. The minimum Gasteiger partial charge on any atom is -0.444 e. The van der Waals surface area contributed by atoms with Gasteiger partial charge in [-0.1, -0.05) is 17.5 Å². The van der Waals surface area contributed by atoms with Gasteiger partial charge in [-0.2, -0.15) is 9.98 Å². The second-order valence-electron chi connectivity index (χ2n) is 7.96. The average molecular weight is 432 g/mol. The lowest BCUT2D eigenvalue weighted by Gasteiger charge is -2.32. The van der Waals surface area contributed by atoms with Crippen LogP contribution in [0.3, 0.4) is 0 Å². The summed E-state index contributed by atoms with van der Waals surface area (Å²) in [6.45, 7) is 7.19. The van der Waals surface area contributed by atoms with E-state index in [4.69, 9.17) is 26.8 Å². The summed E-state index contributed by atoms with van der Waals surface area (Å²) in [7, 11) is 0. The van der Waals surface area contributed by atoms with Crippen molar-refractivity contribution in [3.63, 3.8) is 0 Å². The van der Waals surface area contributed by atoms with Gasteiger partial charge in [-0.15, -0.1) is 0 Å². The molecular formula is C21H26ClN5O3. The summed E-state index contributed by atoms with van der Waals surface area (Å²) in [5.41, 5.74) is 6.63. The summed E-state index contributed by atoms with van der Waals surface area (Å²) < 4.78 is 11.2. The van der Waals surface area contributed by atoms with Crippen molar-refractivity contribution >= 4 is 35.2 Å². The van der Waals surface area contributed by atoms with Crippen molar-refractivity contribution in [1.29, 1.82) is 0 Å². The van der Waals surface area contributed by atoms with Crippen molar-refractivity contribution in [1.82, 2.24) is 4.90 Å². The third-order valence-corrected chi connectivity index (χ3v) is 4.76. The average Bonchev–Trinajstić information content (AvgIpc) is 3.01. The number of amides is 1. The fraction of sp³-hybridized carbons (Fsp3) is 0.476. The first-order valence-corrected chi connectivity index (χ1v) is 10.1. The molecular weight excluding hydrogens is 406 g/mol. The zero-order valence-electron chi connectivity index (χ0n) is 17.4. The van der Waals surface area contributed by atoms with Crippen molar-refractivity contribution in [3.8, 4) is 12.0 Å². The molecule has 1 unspecified atom stereocenters. The van der Waals surface area contributed by atoms with Crippen LogP contribution < -0.4 is 11.1 Å². The van der Waals surface area contributed by atoms with Gasteiger partial charge in [0.15, 0.2) is 0 Å². The number of benzene rings is 1. The monoisotopic (exact) mass is 431 g/mol. The molecule has 30 heavy (non-hydrogen) atoms. The predicted molar refractivity (Wildman–Crippen MR) is 118 cm³/mol. The van der Waals surface area contributed by atoms with E-state index in [0.29, 0.717) is 36.9 Å². The molecule has 1 amide bonds. The Hall–Kier alpha value is -2.76. The second-order valence-corrected chi connectivity index (χ2v) is 8.37. The minimum absolute atomic E-state index is 0.130. The molecule has 2 aliphatic rings. The maximum atomic E-state index is 12.2. The van der Waals surface area contributed by atoms with E-state index in [1.165, 1.54) is 0 Å². The summed E-state index contributed by atoms with van der Waals surface area (Å²) in [6.07, 6.45) is 0.721. The number of carbonyl (C=O) groups excluding carboxylic acids is 1. The van der Waals surface area contributed by atoms with Gasteiger partial charge < -0.3 is 20.1 Å². The third kappa shape index (κ3) is 5.88. The van der Waals surface area contributed by atoms with Crippen molar-refractivity contribution in [3.05, 3.63) is 28.8 Å². The SMILES string of the molecule is CC(C)(C)OC(=O)Nc1ccc(Cl)c(C2COCCCN2C2=NC(N)=NC#CC2)c1. The van der Waals surface area contributed by atoms with Crippen LogP contribution >= 0.6 is 11.6 Å². The predicted octanol–water partition coefficient (Wildman–Crippen LogP) is 3.53. The molecule has 1 aromatic rings. The van der Waals surface area contributed by atoms with Crippen LogP contribution in [0.15, 0.2) is 28.2 Å². The lowest BCUT2D eigenvalue weighted by molar-refractivity contribution is 0.0636. The number of nitrogens with zero attached hydrogens (tertiary/aromatic N) is 3. The van der Waals surface area contributed by atoms with Gasteiger partial charge in [-0.25, -0.2) is 4.79 Å². The van der Waals surface area contributed by atoms with Gasteiger partial charge >= 0.3 is 6.09 Å². The highest BCUT2D eigenvalue weighted by Crippen LogP contribution is 2.33. The molecule has 0 saturated carbocycles. The topological polar surface area (TPSA) is 102 Å². The Balaban J connectivity index is 1.90. The van der Waals surface area contributed by atoms with Gasteiger partial charge in [0.1, 0.15) is 11.4 Å². The Labute approximate surface area is 181 Å². The van der Waals surface area contributed by atoms with Gasteiger partial charge in [-0.3, -0.25) is 5.32 Å². The summed E-state index contributed by atoms with van der Waals surface area (Å²) >= 11 is 6.55. The van der Waals surface area contributed by atoms with Gasteiger partial charge in [0.2, 0.25) is 5.96 Å². The molecule has 1 atom stereocenters. The number of ether oxygens (including phenoxy) is 2. The number of guanidine groups is 1. The Morgan fingerprint density at radius 2 is 2.23 bits per heavy atom. The van der Waals surface area contributed by atoms with E-state index >= 15 is 0 Å². The Bertz CT molecular complexity index is 927. The quantitative estimate of drug-likeness (QED) is 0.697. The van der Waals surface area contributed by atoms with E-state index in [1.807, 2.05) is 26.8 Å². The maximum absolute atomic E-state index is 12.2. The number of nitrogens with two attached hydrogens (primary N) is 1. The number of rotatable bonds is 2. The van der Waals surface area contributed by atoms with Gasteiger partial charge in [0.25, 0.3) is 0 Å². The lowest BCUT2D eigenvalue weighted by atomic mass is 10.0. The molecule has 2 aliphatic heterocycles. The van der Waals surface area contributed by atoms with E-state index in [1.54, 1.807) is 12.1 Å². The first-order chi connectivity index (χ1) is 14.2. The second kappa shape index (κ2) is 9.37. The highest BCUT2D eigenvalue weighted by molar-refractivity contribution is 6.31. The van der Waals surface area contributed by atoms with E-state index in [0.717, 1.165) is 17.8 Å². The number of amidine groups is 1. The van der Waals surface area contributed by atoms with Crippen molar-refractivity contribution in [2.24, 2.45) is 15.7 Å². The number of nitrogens with one attached hydrogen (secondary N) is 1. The molecule has 160 valence electrons. The largest absolute Gasteiger partial charge is 0.444 e. The standard InChI is InChI=1S/C21H26ClN5O3/c1-21(2,3)30-20(28)25-14-7-8-16(22)15(12-14)17-13-29-11-5-10-27(17)18-6-4-9-24-19(23)26-18/h7-8,12,17H,5-6,10-11,13H2,1-3H3,(H2,23,24)(H,25,28). The van der Waals surface area contributed by atoms with Crippen LogP contribution in [0.2, 0.25) is 5.02 Å². The van der Waals surface area contributed by atoms with Crippen LogP contribution in [0.4, 0.5) is 10.5 Å². The zero-order chi connectivity index (χ0) is 21.7. The smallest absolute Gasteiger partial charge is 0.412 e. The number of hydrogen-bond donors (Lipinski definition) is 2. The van der Waals surface area contributed by atoms with E-state index in [-0.39, 0.29) is 12.0 Å². The summed E-state index contributed by atoms with van der Waals surface area (Å²) in [5, 5.41) is 3.32. The summed E-state index contributed by atoms with van der Waals surface area (Å²) in [4.78, 5) is 22.6. The van der Waals surface area contributed by atoms with E-state index in [9.17, 15) is 4.79 Å². The highest BCUT2D eigenvalue weighted by atomic mass is 35.5. The Morgan fingerprint density at radius 1 is 1.43 bits per heavy atom. The van der Waals surface area contributed by atoms with Crippen molar-refractivity contribution < 1.29 is 14.3 Å². The number of carbonyl (C=O) groups is 1. The molecule has 0 aromatic heterocycles. The number of aliphatic imine (C=N–C) groups is 2. The maximum Gasteiger partial charge on any atom is 0.412 e. The molecule has 9 heteroatoms. The molecule has 0 aliphatic carbocycles. The number of hydrogen-bond acceptors (Lipinski definition) is 7. The van der Waals surface area contributed by atoms with Gasteiger partial charge in [-0.05, 0) is 51.0 Å². The van der Waals surface area contributed by atoms with Gasteiger partial charge in [0.05, 0.1) is 19.1 Å². The van der Waals surface area contributed by atoms with Gasteiger partial charge in [0, 0.05) is 29.9 Å². The van der Waals surface area contributed by atoms with Crippen LogP contribution in [0.25, 0.3) is 0 Å². The Morgan fingerprint density at radius 3 is 3.00 bits per heavy atom. The normalized spacial score (nSPS) is 19.5. The minimum atomic E-state index is -0.592. The molecule has 3 N–H and O–H groups in total.